The number of thiocarbonyl (C=S) groups is 1. The first kappa shape index (κ1) is 21.8. The maximum absolute atomic E-state index is 12.3. The van der Waals surface area contributed by atoms with Gasteiger partial charge < -0.3 is 15.4 Å². The van der Waals surface area contributed by atoms with Gasteiger partial charge in [0.15, 0.2) is 5.11 Å². The lowest BCUT2D eigenvalue weighted by atomic mass is 10.2. The van der Waals surface area contributed by atoms with Crippen LogP contribution in [0.15, 0.2) is 53.6 Å². The molecule has 2 rings (SSSR count). The summed E-state index contributed by atoms with van der Waals surface area (Å²) >= 11 is 11.2. The molecule has 0 saturated heterocycles. The maximum atomic E-state index is 12.3. The molecule has 0 bridgehead atoms. The second-order valence-electron chi connectivity index (χ2n) is 5.74. The van der Waals surface area contributed by atoms with Crippen molar-refractivity contribution in [2.45, 2.75) is 13.3 Å². The zero-order valence-corrected chi connectivity index (χ0v) is 17.1. The summed E-state index contributed by atoms with van der Waals surface area (Å²) in [6.07, 6.45) is 2.49. The number of ether oxygens (including phenoxy) is 1. The van der Waals surface area contributed by atoms with Gasteiger partial charge in [-0.3, -0.25) is 10.2 Å². The normalized spacial score (nSPS) is 10.6. The number of anilines is 1. The number of hydrogen-bond acceptors (Lipinski definition) is 4. The maximum Gasteiger partial charge on any atom is 0.257 e. The molecule has 0 fully saturated rings. The second kappa shape index (κ2) is 12.1. The van der Waals surface area contributed by atoms with Crippen molar-refractivity contribution in [3.8, 4) is 0 Å². The molecule has 0 heterocycles. The fourth-order valence-electron chi connectivity index (χ4n) is 2.27. The van der Waals surface area contributed by atoms with Crippen LogP contribution in [0.4, 0.5) is 5.69 Å². The molecule has 0 saturated carbocycles. The van der Waals surface area contributed by atoms with Crippen LogP contribution in [-0.2, 0) is 4.74 Å². The van der Waals surface area contributed by atoms with Crippen molar-refractivity contribution < 1.29 is 9.53 Å². The van der Waals surface area contributed by atoms with Crippen molar-refractivity contribution in [2.75, 3.05) is 25.1 Å². The Morgan fingerprint density at radius 2 is 2.07 bits per heavy atom. The van der Waals surface area contributed by atoms with Crippen LogP contribution in [0, 0.1) is 0 Å². The lowest BCUT2D eigenvalue weighted by molar-refractivity contribution is 0.102. The third-order valence-electron chi connectivity index (χ3n) is 3.60. The van der Waals surface area contributed by atoms with Gasteiger partial charge in [0, 0.05) is 25.4 Å². The van der Waals surface area contributed by atoms with E-state index in [1.165, 1.54) is 0 Å². The Morgan fingerprint density at radius 3 is 2.86 bits per heavy atom. The molecule has 1 amide bonds. The highest BCUT2D eigenvalue weighted by Crippen LogP contribution is 2.17. The van der Waals surface area contributed by atoms with Gasteiger partial charge in [-0.15, -0.1) is 0 Å². The van der Waals surface area contributed by atoms with Crippen molar-refractivity contribution in [1.82, 2.24) is 10.7 Å². The van der Waals surface area contributed by atoms with E-state index in [-0.39, 0.29) is 5.91 Å². The zero-order chi connectivity index (χ0) is 20.2. The molecule has 0 aliphatic carbocycles. The Kier molecular flexibility index (Phi) is 9.41. The van der Waals surface area contributed by atoms with Gasteiger partial charge in [-0.25, -0.2) is 0 Å². The Morgan fingerprint density at radius 1 is 1.25 bits per heavy atom. The minimum atomic E-state index is -0.268. The molecule has 148 valence electrons. The molecule has 0 aromatic heterocycles. The van der Waals surface area contributed by atoms with E-state index in [0.29, 0.717) is 41.1 Å². The number of nitrogens with one attached hydrogen (secondary N) is 3. The lowest BCUT2D eigenvalue weighted by Crippen LogP contribution is -2.33. The molecule has 28 heavy (non-hydrogen) atoms. The van der Waals surface area contributed by atoms with Crippen LogP contribution in [0.25, 0.3) is 0 Å². The van der Waals surface area contributed by atoms with Crippen LogP contribution in [0.1, 0.15) is 29.3 Å². The van der Waals surface area contributed by atoms with Gasteiger partial charge in [0.2, 0.25) is 0 Å². The van der Waals surface area contributed by atoms with Gasteiger partial charge in [-0.1, -0.05) is 35.9 Å². The van der Waals surface area contributed by atoms with Gasteiger partial charge in [0.05, 0.1) is 16.8 Å². The van der Waals surface area contributed by atoms with E-state index in [9.17, 15) is 4.79 Å². The van der Waals surface area contributed by atoms with E-state index >= 15 is 0 Å². The standard InChI is InChI=1S/C20H23ClN4O2S/c1-2-27-12-6-11-22-20(28)25-23-14-15-7-5-8-16(13-15)24-19(26)17-9-3-4-10-18(17)21/h3-5,7-10,13-14H,2,6,11-12H2,1H3,(H,24,26)(H2,22,25,28)/b23-14-. The lowest BCUT2D eigenvalue weighted by Gasteiger charge is -2.08. The number of amides is 1. The zero-order valence-electron chi connectivity index (χ0n) is 15.6. The number of nitrogens with zero attached hydrogens (tertiary/aromatic N) is 1. The Hall–Kier alpha value is -2.48. The van der Waals surface area contributed by atoms with E-state index in [1.807, 2.05) is 19.1 Å². The molecule has 0 spiro atoms. The summed E-state index contributed by atoms with van der Waals surface area (Å²) in [6.45, 7) is 4.09. The summed E-state index contributed by atoms with van der Waals surface area (Å²) in [5.41, 5.74) is 4.63. The number of benzene rings is 2. The van der Waals surface area contributed by atoms with Gasteiger partial charge in [0.1, 0.15) is 0 Å². The van der Waals surface area contributed by atoms with Gasteiger partial charge in [-0.05, 0) is 55.4 Å². The van der Waals surface area contributed by atoms with Crippen molar-refractivity contribution in [3.63, 3.8) is 0 Å². The first-order valence-electron chi connectivity index (χ1n) is 8.90. The molecule has 0 unspecified atom stereocenters. The number of carbonyl (C=O) groups is 1. The molecule has 0 aliphatic rings. The molecule has 8 heteroatoms. The first-order valence-corrected chi connectivity index (χ1v) is 9.69. The van der Waals surface area contributed by atoms with E-state index in [2.05, 4.69) is 21.2 Å². The molecular formula is C20H23ClN4O2S. The summed E-state index contributed by atoms with van der Waals surface area (Å²) in [4.78, 5) is 12.3. The van der Waals surface area contributed by atoms with Crippen LogP contribution in [-0.4, -0.2) is 37.0 Å². The molecule has 0 atom stereocenters. The molecule has 6 nitrogen and oxygen atoms in total. The van der Waals surface area contributed by atoms with Crippen LogP contribution < -0.4 is 16.1 Å². The van der Waals surface area contributed by atoms with Crippen LogP contribution >= 0.6 is 23.8 Å². The van der Waals surface area contributed by atoms with Crippen molar-refractivity contribution in [1.29, 1.82) is 0 Å². The summed E-state index contributed by atoms with van der Waals surface area (Å²) in [5, 5.41) is 10.8. The first-order chi connectivity index (χ1) is 13.6. The third kappa shape index (κ3) is 7.64. The minimum absolute atomic E-state index is 0.268. The summed E-state index contributed by atoms with van der Waals surface area (Å²) < 4.78 is 5.26. The molecule has 2 aromatic carbocycles. The van der Waals surface area contributed by atoms with Crippen LogP contribution in [0.2, 0.25) is 5.02 Å². The van der Waals surface area contributed by atoms with Crippen molar-refractivity contribution >= 4 is 46.7 Å². The highest BCUT2D eigenvalue weighted by Gasteiger charge is 2.09. The predicted octanol–water partition coefficient (Wildman–Crippen LogP) is 3.82. The highest BCUT2D eigenvalue weighted by atomic mass is 35.5. The predicted molar refractivity (Wildman–Crippen MR) is 118 cm³/mol. The fourth-order valence-corrected chi connectivity index (χ4v) is 2.64. The van der Waals surface area contributed by atoms with E-state index in [0.717, 1.165) is 12.0 Å². The Labute approximate surface area is 175 Å². The molecule has 3 N–H and O–H groups in total. The molecular weight excluding hydrogens is 396 g/mol. The molecule has 0 aliphatic heterocycles. The minimum Gasteiger partial charge on any atom is -0.382 e. The highest BCUT2D eigenvalue weighted by molar-refractivity contribution is 7.80. The number of hydrazone groups is 1. The largest absolute Gasteiger partial charge is 0.382 e. The molecule has 2 aromatic rings. The number of rotatable bonds is 9. The number of hydrogen-bond donors (Lipinski definition) is 3. The van der Waals surface area contributed by atoms with Gasteiger partial charge in [-0.2, -0.15) is 5.10 Å². The second-order valence-corrected chi connectivity index (χ2v) is 6.55. The third-order valence-corrected chi connectivity index (χ3v) is 4.16. The quantitative estimate of drug-likeness (QED) is 0.250. The van der Waals surface area contributed by atoms with Gasteiger partial charge in [0.25, 0.3) is 5.91 Å². The summed E-state index contributed by atoms with van der Waals surface area (Å²) in [5.74, 6) is -0.268. The fraction of sp³-hybridized carbons (Fsp3) is 0.250. The molecule has 0 radical (unpaired) electrons. The summed E-state index contributed by atoms with van der Waals surface area (Å²) in [7, 11) is 0. The number of halogens is 1. The average Bonchev–Trinajstić information content (AvgIpc) is 2.68. The topological polar surface area (TPSA) is 74.8 Å². The smallest absolute Gasteiger partial charge is 0.257 e. The van der Waals surface area contributed by atoms with E-state index in [4.69, 9.17) is 28.6 Å². The number of carbonyl (C=O) groups excluding carboxylic acids is 1. The van der Waals surface area contributed by atoms with Gasteiger partial charge >= 0.3 is 0 Å². The summed E-state index contributed by atoms with van der Waals surface area (Å²) in [6, 6.07) is 14.2. The SMILES string of the molecule is CCOCCCNC(=S)N/N=C\c1cccc(NC(=O)c2ccccc2Cl)c1. The van der Waals surface area contributed by atoms with Crippen molar-refractivity contribution in [3.05, 3.63) is 64.7 Å². The van der Waals surface area contributed by atoms with E-state index in [1.54, 1.807) is 42.6 Å². The average molecular weight is 419 g/mol. The van der Waals surface area contributed by atoms with Crippen molar-refractivity contribution in [2.24, 2.45) is 5.10 Å². The Bertz CT molecular complexity index is 829. The monoisotopic (exact) mass is 418 g/mol. The van der Waals surface area contributed by atoms with Crippen LogP contribution in [0.3, 0.4) is 0 Å². The van der Waals surface area contributed by atoms with Crippen LogP contribution in [0.5, 0.6) is 0 Å². The Balaban J connectivity index is 1.84. The van der Waals surface area contributed by atoms with E-state index < -0.39 is 0 Å².